The van der Waals surface area contributed by atoms with Crippen LogP contribution in [0.1, 0.15) is 12.5 Å². The Hall–Kier alpha value is -2.44. The number of nitroso groups, excluding NO2 is 1. The second-order valence-corrected chi connectivity index (χ2v) is 6.32. The summed E-state index contributed by atoms with van der Waals surface area (Å²) in [6.07, 6.45) is 1.81. The molecule has 7 nitrogen and oxygen atoms in total. The van der Waals surface area contributed by atoms with E-state index in [-0.39, 0.29) is 23.0 Å². The summed E-state index contributed by atoms with van der Waals surface area (Å²) in [6.45, 7) is 2.02. The van der Waals surface area contributed by atoms with Crippen molar-refractivity contribution in [1.29, 1.82) is 5.26 Å². The van der Waals surface area contributed by atoms with Gasteiger partial charge in [-0.05, 0) is 30.5 Å². The molecule has 0 aliphatic heterocycles. The van der Waals surface area contributed by atoms with Gasteiger partial charge in [0.15, 0.2) is 5.16 Å². The topological polar surface area (TPSA) is 105 Å². The average molecular weight is 374 g/mol. The summed E-state index contributed by atoms with van der Waals surface area (Å²) in [6, 6.07) is 8.62. The SMILES string of the molecule is CCOC(=O)CSc1nc(SC)nc(-c2cccc(N=O)c2)c1C#N. The van der Waals surface area contributed by atoms with Crippen LogP contribution in [0.25, 0.3) is 11.3 Å². The van der Waals surface area contributed by atoms with Gasteiger partial charge in [0.2, 0.25) is 0 Å². The Labute approximate surface area is 153 Å². The van der Waals surface area contributed by atoms with Gasteiger partial charge in [-0.15, -0.1) is 4.91 Å². The number of hydrogen-bond acceptors (Lipinski definition) is 9. The quantitative estimate of drug-likeness (QED) is 0.237. The van der Waals surface area contributed by atoms with Crippen LogP contribution in [0.2, 0.25) is 0 Å². The van der Waals surface area contributed by atoms with Gasteiger partial charge in [-0.25, -0.2) is 9.97 Å². The number of thioether (sulfide) groups is 2. The molecule has 2 rings (SSSR count). The third-order valence-corrected chi connectivity index (χ3v) is 4.50. The van der Waals surface area contributed by atoms with E-state index < -0.39 is 0 Å². The van der Waals surface area contributed by atoms with Gasteiger partial charge in [-0.1, -0.05) is 35.7 Å². The fourth-order valence-electron chi connectivity index (χ4n) is 1.97. The van der Waals surface area contributed by atoms with Crippen molar-refractivity contribution in [3.05, 3.63) is 34.7 Å². The minimum Gasteiger partial charge on any atom is -0.465 e. The van der Waals surface area contributed by atoms with E-state index in [9.17, 15) is 15.0 Å². The Kier molecular flexibility index (Phi) is 6.91. The van der Waals surface area contributed by atoms with Gasteiger partial charge in [-0.2, -0.15) is 5.26 Å². The van der Waals surface area contributed by atoms with Crippen LogP contribution < -0.4 is 0 Å². The molecule has 0 radical (unpaired) electrons. The molecule has 0 unspecified atom stereocenters. The first-order valence-electron chi connectivity index (χ1n) is 7.21. The van der Waals surface area contributed by atoms with Crippen LogP contribution in [-0.2, 0) is 9.53 Å². The Balaban J connectivity index is 2.48. The summed E-state index contributed by atoms with van der Waals surface area (Å²) >= 11 is 2.44. The van der Waals surface area contributed by atoms with Crippen LogP contribution >= 0.6 is 23.5 Å². The molecule has 0 saturated carbocycles. The molecule has 0 saturated heterocycles. The molecule has 0 N–H and O–H groups in total. The van der Waals surface area contributed by atoms with Crippen LogP contribution in [0.3, 0.4) is 0 Å². The summed E-state index contributed by atoms with van der Waals surface area (Å²) in [5, 5.41) is 13.3. The van der Waals surface area contributed by atoms with E-state index in [1.807, 2.05) is 6.26 Å². The molecule has 9 heteroatoms. The highest BCUT2D eigenvalue weighted by Gasteiger charge is 2.18. The summed E-state index contributed by atoms with van der Waals surface area (Å²) in [5.41, 5.74) is 1.48. The van der Waals surface area contributed by atoms with Crippen molar-refractivity contribution >= 4 is 35.2 Å². The smallest absolute Gasteiger partial charge is 0.316 e. The molecular formula is C16H14N4O3S2. The molecule has 25 heavy (non-hydrogen) atoms. The van der Waals surface area contributed by atoms with Crippen molar-refractivity contribution in [2.45, 2.75) is 17.1 Å². The first kappa shape index (κ1) is 18.9. The normalized spacial score (nSPS) is 10.1. The molecule has 0 atom stereocenters. The zero-order valence-electron chi connectivity index (χ0n) is 13.6. The fraction of sp³-hybridized carbons (Fsp3) is 0.250. The van der Waals surface area contributed by atoms with Gasteiger partial charge >= 0.3 is 5.97 Å². The summed E-state index contributed by atoms with van der Waals surface area (Å²) in [4.78, 5) is 31.1. The largest absolute Gasteiger partial charge is 0.465 e. The number of rotatable bonds is 7. The standard InChI is InChI=1S/C16H14N4O3S2/c1-3-23-13(21)9-25-15-12(8-17)14(18-16(19-15)24-2)10-5-4-6-11(7-10)20-22/h4-7H,3,9H2,1-2H3. The van der Waals surface area contributed by atoms with Crippen molar-refractivity contribution in [3.63, 3.8) is 0 Å². The predicted octanol–water partition coefficient (Wildman–Crippen LogP) is 3.79. The summed E-state index contributed by atoms with van der Waals surface area (Å²) in [7, 11) is 0. The van der Waals surface area contributed by atoms with Gasteiger partial charge < -0.3 is 4.74 Å². The van der Waals surface area contributed by atoms with E-state index in [1.165, 1.54) is 11.8 Å². The van der Waals surface area contributed by atoms with Crippen LogP contribution in [0.15, 0.2) is 39.6 Å². The van der Waals surface area contributed by atoms with E-state index in [0.717, 1.165) is 11.8 Å². The minimum absolute atomic E-state index is 0.0444. The number of esters is 1. The van der Waals surface area contributed by atoms with E-state index >= 15 is 0 Å². The molecule has 2 aromatic rings. The number of carbonyl (C=O) groups excluding carboxylic acids is 1. The first-order valence-corrected chi connectivity index (χ1v) is 9.42. The lowest BCUT2D eigenvalue weighted by atomic mass is 10.1. The maximum absolute atomic E-state index is 11.6. The van der Waals surface area contributed by atoms with E-state index in [0.29, 0.717) is 28.0 Å². The second-order valence-electron chi connectivity index (χ2n) is 4.59. The zero-order valence-corrected chi connectivity index (χ0v) is 15.2. The number of benzene rings is 1. The molecule has 0 fully saturated rings. The van der Waals surface area contributed by atoms with E-state index in [1.54, 1.807) is 31.2 Å². The van der Waals surface area contributed by atoms with Crippen LogP contribution in [0, 0.1) is 16.2 Å². The molecule has 0 spiro atoms. The molecule has 128 valence electrons. The van der Waals surface area contributed by atoms with Gasteiger partial charge in [0.25, 0.3) is 0 Å². The molecule has 0 aliphatic rings. The molecular weight excluding hydrogens is 360 g/mol. The number of carbonyl (C=O) groups is 1. The Morgan fingerprint density at radius 1 is 1.40 bits per heavy atom. The summed E-state index contributed by atoms with van der Waals surface area (Å²) in [5.74, 6) is -0.336. The maximum atomic E-state index is 11.6. The minimum atomic E-state index is -0.380. The highest BCUT2D eigenvalue weighted by molar-refractivity contribution is 8.00. The number of aromatic nitrogens is 2. The molecule has 1 aromatic heterocycles. The number of nitriles is 1. The van der Waals surface area contributed by atoms with Crippen molar-refractivity contribution in [2.24, 2.45) is 5.18 Å². The molecule has 1 heterocycles. The van der Waals surface area contributed by atoms with Crippen molar-refractivity contribution < 1.29 is 9.53 Å². The average Bonchev–Trinajstić information content (AvgIpc) is 2.65. The van der Waals surface area contributed by atoms with Gasteiger partial charge in [0.1, 0.15) is 22.3 Å². The second kappa shape index (κ2) is 9.15. The fourth-order valence-corrected chi connectivity index (χ4v) is 3.16. The highest BCUT2D eigenvalue weighted by Crippen LogP contribution is 2.32. The lowest BCUT2D eigenvalue weighted by Gasteiger charge is -2.10. The van der Waals surface area contributed by atoms with Gasteiger partial charge in [0.05, 0.1) is 18.1 Å². The lowest BCUT2D eigenvalue weighted by Crippen LogP contribution is -2.08. The Morgan fingerprint density at radius 3 is 2.84 bits per heavy atom. The summed E-state index contributed by atoms with van der Waals surface area (Å²) < 4.78 is 4.90. The van der Waals surface area contributed by atoms with Crippen molar-refractivity contribution in [1.82, 2.24) is 9.97 Å². The number of nitrogens with zero attached hydrogens (tertiary/aromatic N) is 4. The molecule has 1 aromatic carbocycles. The van der Waals surface area contributed by atoms with Crippen molar-refractivity contribution in [2.75, 3.05) is 18.6 Å². The Bertz CT molecular complexity index is 837. The molecule has 0 bridgehead atoms. The number of ether oxygens (including phenoxy) is 1. The number of hydrogen-bond donors (Lipinski definition) is 0. The van der Waals surface area contributed by atoms with Crippen LogP contribution in [0.4, 0.5) is 5.69 Å². The van der Waals surface area contributed by atoms with E-state index in [4.69, 9.17) is 4.74 Å². The van der Waals surface area contributed by atoms with Crippen LogP contribution in [0.5, 0.6) is 0 Å². The highest BCUT2D eigenvalue weighted by atomic mass is 32.2. The first-order chi connectivity index (χ1) is 12.1. The third kappa shape index (κ3) is 4.78. The van der Waals surface area contributed by atoms with Gasteiger partial charge in [-0.3, -0.25) is 4.79 Å². The molecule has 0 amide bonds. The van der Waals surface area contributed by atoms with Crippen molar-refractivity contribution in [3.8, 4) is 17.3 Å². The third-order valence-electron chi connectivity index (χ3n) is 3.01. The monoisotopic (exact) mass is 374 g/mol. The van der Waals surface area contributed by atoms with Gasteiger partial charge in [0, 0.05) is 5.56 Å². The maximum Gasteiger partial charge on any atom is 0.316 e. The van der Waals surface area contributed by atoms with E-state index in [2.05, 4.69) is 21.2 Å². The predicted molar refractivity (Wildman–Crippen MR) is 96.8 cm³/mol. The molecule has 0 aliphatic carbocycles. The zero-order chi connectivity index (χ0) is 18.2. The Morgan fingerprint density at radius 2 is 2.20 bits per heavy atom. The lowest BCUT2D eigenvalue weighted by molar-refractivity contribution is -0.139. The van der Waals surface area contributed by atoms with Crippen LogP contribution in [-0.4, -0.2) is 34.6 Å².